The molecule has 27 heavy (non-hydrogen) atoms. The van der Waals surface area contributed by atoms with Crippen LogP contribution in [-0.2, 0) is 14.8 Å². The first-order valence-electron chi connectivity index (χ1n) is 8.39. The number of fused-ring (bicyclic) bond motifs is 1. The second-order valence-electron chi connectivity index (χ2n) is 6.20. The molecule has 5 nitrogen and oxygen atoms in total. The number of nitrogens with zero attached hydrogens (tertiary/aromatic N) is 2. The summed E-state index contributed by atoms with van der Waals surface area (Å²) in [5.41, 5.74) is 1.59. The van der Waals surface area contributed by atoms with Crippen LogP contribution in [0.1, 0.15) is 6.42 Å². The average molecular weight is 384 g/mol. The monoisotopic (exact) mass is 384 g/mol. The molecule has 1 aliphatic rings. The summed E-state index contributed by atoms with van der Waals surface area (Å²) in [6.07, 6.45) is 8.45. The van der Waals surface area contributed by atoms with Gasteiger partial charge >= 0.3 is 0 Å². The zero-order valence-corrected chi connectivity index (χ0v) is 15.4. The summed E-state index contributed by atoms with van der Waals surface area (Å²) in [7, 11) is -2.21. The topological polar surface area (TPSA) is 61.2 Å². The lowest BCUT2D eigenvalue weighted by atomic mass is 10.1. The van der Waals surface area contributed by atoms with Gasteiger partial charge in [0.05, 0.1) is 22.2 Å². The summed E-state index contributed by atoms with van der Waals surface area (Å²) in [6, 6.07) is 9.31. The Kier molecular flexibility index (Phi) is 4.41. The summed E-state index contributed by atoms with van der Waals surface area (Å²) >= 11 is 0. The van der Waals surface area contributed by atoms with Gasteiger partial charge in [0.25, 0.3) is 10.0 Å². The highest BCUT2D eigenvalue weighted by atomic mass is 32.2. The van der Waals surface area contributed by atoms with E-state index in [0.29, 0.717) is 23.2 Å². The van der Waals surface area contributed by atoms with Crippen molar-refractivity contribution in [3.63, 3.8) is 0 Å². The van der Waals surface area contributed by atoms with Gasteiger partial charge in [-0.25, -0.2) is 16.8 Å². The van der Waals surface area contributed by atoms with Gasteiger partial charge in [-0.05, 0) is 48.9 Å². The zero-order chi connectivity index (χ0) is 19.0. The maximum atomic E-state index is 13.3. The number of ether oxygens (including phenoxy) is 1. The summed E-state index contributed by atoms with van der Waals surface area (Å²) < 4.78 is 46.2. The van der Waals surface area contributed by atoms with Crippen LogP contribution in [-0.4, -0.2) is 30.6 Å². The van der Waals surface area contributed by atoms with Crippen molar-refractivity contribution < 1.29 is 17.5 Å². The smallest absolute Gasteiger partial charge is 0.267 e. The highest BCUT2D eigenvalue weighted by Gasteiger charge is 2.24. The number of benzene rings is 1. The molecule has 1 aliphatic carbocycles. The van der Waals surface area contributed by atoms with E-state index in [9.17, 15) is 12.8 Å². The molecule has 0 saturated carbocycles. The molecule has 3 aromatic rings. The van der Waals surface area contributed by atoms with Gasteiger partial charge in [0.2, 0.25) is 0 Å². The Hall–Kier alpha value is -2.77. The number of rotatable bonds is 4. The van der Waals surface area contributed by atoms with E-state index in [1.165, 1.54) is 22.3 Å². The number of allylic oxidation sites excluding steroid dienone is 1. The van der Waals surface area contributed by atoms with Gasteiger partial charge in [0.15, 0.2) is 0 Å². The van der Waals surface area contributed by atoms with Crippen molar-refractivity contribution in [3.8, 4) is 11.3 Å². The van der Waals surface area contributed by atoms with Gasteiger partial charge in [0.1, 0.15) is 5.82 Å². The van der Waals surface area contributed by atoms with Gasteiger partial charge in [0, 0.05) is 30.5 Å². The molecule has 7 heteroatoms. The Morgan fingerprint density at radius 2 is 1.96 bits per heavy atom. The normalized spacial score (nSPS) is 17.3. The van der Waals surface area contributed by atoms with Crippen molar-refractivity contribution in [2.75, 3.05) is 7.11 Å². The lowest BCUT2D eigenvalue weighted by molar-refractivity contribution is 0.142. The van der Waals surface area contributed by atoms with E-state index in [1.807, 2.05) is 0 Å². The molecule has 138 valence electrons. The van der Waals surface area contributed by atoms with E-state index in [1.54, 1.807) is 55.8 Å². The predicted octanol–water partition coefficient (Wildman–Crippen LogP) is 3.88. The third-order valence-electron chi connectivity index (χ3n) is 4.57. The molecule has 0 N–H and O–H groups in total. The minimum atomic E-state index is -3.79. The Morgan fingerprint density at radius 3 is 2.63 bits per heavy atom. The van der Waals surface area contributed by atoms with E-state index in [2.05, 4.69) is 4.98 Å². The molecule has 0 fully saturated rings. The SMILES string of the molecule is COC1C=CC(S(=O)(=O)n2ccc3ccnc(-c4ccc(F)cc4)c32)=CC1. The molecule has 0 aliphatic heterocycles. The maximum absolute atomic E-state index is 13.3. The van der Waals surface area contributed by atoms with E-state index >= 15 is 0 Å². The molecule has 4 rings (SSSR count). The average Bonchev–Trinajstić information content (AvgIpc) is 3.14. The van der Waals surface area contributed by atoms with Gasteiger partial charge in [-0.15, -0.1) is 0 Å². The molecule has 0 radical (unpaired) electrons. The van der Waals surface area contributed by atoms with Gasteiger partial charge < -0.3 is 4.74 Å². The van der Waals surface area contributed by atoms with Crippen LogP contribution in [0.5, 0.6) is 0 Å². The molecule has 0 amide bonds. The minimum Gasteiger partial charge on any atom is -0.377 e. The fourth-order valence-electron chi connectivity index (χ4n) is 3.14. The maximum Gasteiger partial charge on any atom is 0.267 e. The third kappa shape index (κ3) is 3.09. The fraction of sp³-hybridized carbons (Fsp3) is 0.150. The predicted molar refractivity (Wildman–Crippen MR) is 102 cm³/mol. The Labute approximate surface area is 156 Å². The van der Waals surface area contributed by atoms with Crippen molar-refractivity contribution in [1.29, 1.82) is 0 Å². The standard InChI is InChI=1S/C20H17FN2O3S/c1-26-17-6-8-18(9-7-17)27(24,25)23-13-11-15-10-12-22-19(20(15)23)14-2-4-16(21)5-3-14/h2-6,8-13,17H,7H2,1H3. The molecular weight excluding hydrogens is 367 g/mol. The third-order valence-corrected chi connectivity index (χ3v) is 6.29. The Balaban J connectivity index is 1.87. The Bertz CT molecular complexity index is 1160. The van der Waals surface area contributed by atoms with Gasteiger partial charge in [-0.1, -0.05) is 12.2 Å². The van der Waals surface area contributed by atoms with E-state index in [4.69, 9.17) is 4.74 Å². The Morgan fingerprint density at radius 1 is 1.19 bits per heavy atom. The summed E-state index contributed by atoms with van der Waals surface area (Å²) in [5.74, 6) is -0.362. The van der Waals surface area contributed by atoms with Crippen molar-refractivity contribution >= 4 is 20.9 Å². The molecule has 1 atom stereocenters. The molecular formula is C20H17FN2O3S. The number of pyridine rings is 1. The number of methoxy groups -OCH3 is 1. The van der Waals surface area contributed by atoms with Crippen molar-refractivity contribution in [1.82, 2.24) is 8.96 Å². The first kappa shape index (κ1) is 17.6. The quantitative estimate of drug-likeness (QED) is 0.685. The van der Waals surface area contributed by atoms with Crippen molar-refractivity contribution in [2.45, 2.75) is 12.5 Å². The number of hydrogen-bond acceptors (Lipinski definition) is 4. The van der Waals surface area contributed by atoms with Crippen LogP contribution in [0.2, 0.25) is 0 Å². The van der Waals surface area contributed by atoms with E-state index in [0.717, 1.165) is 5.39 Å². The first-order valence-corrected chi connectivity index (χ1v) is 9.83. The molecule has 2 heterocycles. The number of hydrogen-bond donors (Lipinski definition) is 0. The van der Waals surface area contributed by atoms with Crippen LogP contribution in [0.15, 0.2) is 71.9 Å². The second kappa shape index (κ2) is 6.75. The van der Waals surface area contributed by atoms with Crippen LogP contribution in [0, 0.1) is 5.82 Å². The molecule has 0 spiro atoms. The minimum absolute atomic E-state index is 0.123. The summed E-state index contributed by atoms with van der Waals surface area (Å²) in [6.45, 7) is 0. The van der Waals surface area contributed by atoms with Crippen LogP contribution in [0.25, 0.3) is 22.2 Å². The van der Waals surface area contributed by atoms with Crippen molar-refractivity contribution in [3.05, 3.63) is 77.7 Å². The lowest BCUT2D eigenvalue weighted by Crippen LogP contribution is -2.17. The first-order chi connectivity index (χ1) is 13.0. The van der Waals surface area contributed by atoms with Crippen molar-refractivity contribution in [2.24, 2.45) is 0 Å². The molecule has 0 bridgehead atoms. The molecule has 1 unspecified atom stereocenters. The second-order valence-corrected chi connectivity index (χ2v) is 8.01. The van der Waals surface area contributed by atoms with Crippen LogP contribution >= 0.6 is 0 Å². The van der Waals surface area contributed by atoms with Crippen LogP contribution in [0.3, 0.4) is 0 Å². The largest absolute Gasteiger partial charge is 0.377 e. The number of halogens is 1. The summed E-state index contributed by atoms with van der Waals surface area (Å²) in [4.78, 5) is 4.57. The van der Waals surface area contributed by atoms with E-state index < -0.39 is 10.0 Å². The van der Waals surface area contributed by atoms with Crippen LogP contribution in [0.4, 0.5) is 4.39 Å². The summed E-state index contributed by atoms with van der Waals surface area (Å²) in [5, 5.41) is 0.739. The lowest BCUT2D eigenvalue weighted by Gasteiger charge is -2.16. The van der Waals surface area contributed by atoms with Crippen LogP contribution < -0.4 is 0 Å². The molecule has 0 saturated heterocycles. The van der Waals surface area contributed by atoms with E-state index in [-0.39, 0.29) is 16.8 Å². The highest BCUT2D eigenvalue weighted by Crippen LogP contribution is 2.31. The zero-order valence-electron chi connectivity index (χ0n) is 14.5. The number of aromatic nitrogens is 2. The van der Waals surface area contributed by atoms with Gasteiger partial charge in [-0.2, -0.15) is 0 Å². The molecule has 2 aromatic heterocycles. The molecule has 1 aromatic carbocycles. The fourth-order valence-corrected chi connectivity index (χ4v) is 4.58. The highest BCUT2D eigenvalue weighted by molar-refractivity contribution is 7.94. The van der Waals surface area contributed by atoms with Gasteiger partial charge in [-0.3, -0.25) is 4.98 Å².